The van der Waals surface area contributed by atoms with Crippen LogP contribution in [0, 0.1) is 63.1 Å². The highest BCUT2D eigenvalue weighted by molar-refractivity contribution is 5.96. The lowest BCUT2D eigenvalue weighted by atomic mass is 9.44. The Hall–Kier alpha value is -7.75. The second kappa shape index (κ2) is 29.5. The number of amides is 1. The zero-order valence-electron chi connectivity index (χ0n) is 60.2. The average molecular weight is 1400 g/mol. The summed E-state index contributed by atoms with van der Waals surface area (Å²) in [7, 11) is 0. The third-order valence-corrected chi connectivity index (χ3v) is 25.2. The van der Waals surface area contributed by atoms with Gasteiger partial charge in [-0.05, 0) is 146 Å². The Kier molecular flexibility index (Phi) is 21.8. The Morgan fingerprint density at radius 1 is 0.723 bits per heavy atom. The molecule has 1 saturated heterocycles. The van der Waals surface area contributed by atoms with Gasteiger partial charge in [-0.1, -0.05) is 146 Å². The fourth-order valence-corrected chi connectivity index (χ4v) is 19.9. The molecule has 0 unspecified atom stereocenters. The van der Waals surface area contributed by atoms with Crippen molar-refractivity contribution in [3.8, 4) is 0 Å². The van der Waals surface area contributed by atoms with E-state index in [9.17, 15) is 48.6 Å². The first-order valence-corrected chi connectivity index (χ1v) is 36.3. The van der Waals surface area contributed by atoms with Gasteiger partial charge in [-0.3, -0.25) is 28.8 Å². The topological polar surface area (TPSA) is 289 Å². The number of esters is 6. The molecule has 8 aliphatic rings. The van der Waals surface area contributed by atoms with Crippen LogP contribution in [0.2, 0.25) is 0 Å². The molecule has 21 heteroatoms. The summed E-state index contributed by atoms with van der Waals surface area (Å²) in [6, 6.07) is 22.5. The Labute approximate surface area is 591 Å². The summed E-state index contributed by atoms with van der Waals surface area (Å²) in [4.78, 5) is 128. The summed E-state index contributed by atoms with van der Waals surface area (Å²) in [6.07, 6.45) is 0.385. The molecule has 3 aromatic rings. The van der Waals surface area contributed by atoms with Gasteiger partial charge in [0, 0.05) is 44.1 Å². The van der Waals surface area contributed by atoms with Crippen molar-refractivity contribution in [1.29, 1.82) is 0 Å². The third kappa shape index (κ3) is 14.2. The first kappa shape index (κ1) is 74.4. The number of hydrogen-bond acceptors (Lipinski definition) is 20. The molecule has 5 saturated carbocycles. The molecule has 6 fully saturated rings. The first-order valence-electron chi connectivity index (χ1n) is 36.3. The van der Waals surface area contributed by atoms with Gasteiger partial charge in [0.05, 0.1) is 42.4 Å². The van der Waals surface area contributed by atoms with Crippen molar-refractivity contribution in [3.05, 3.63) is 130 Å². The number of ketones is 1. The molecule has 3 aromatic carbocycles. The smallest absolute Gasteiger partial charge is 0.462 e. The molecule has 0 aromatic heterocycles. The zero-order chi connectivity index (χ0) is 72.7. The Balaban J connectivity index is 0.804. The number of aliphatic hydroxyl groups excluding tert-OH is 1. The molecule has 11 rings (SSSR count). The number of carbonyl (C=O) groups excluding carboxylic acids is 9. The van der Waals surface area contributed by atoms with Crippen LogP contribution in [-0.2, 0) is 71.4 Å². The highest BCUT2D eigenvalue weighted by Crippen LogP contribution is 2.69. The standard InChI is InChI=1S/C80H101NO20/c1-45(2)22-21-23-46(3)56-32-33-57-55-31-30-53-40-54(36-38-76(53,9)58(55)37-39-77(56,57)10)97-63(85)35-34-62(84)94-44-95-74(91)99-60-41-61-79(43-93-61,101-49(6)83)68-70(100-72(89)52-28-19-14-20-29-52)80(92)42-59(47(4)64(75(80,7)8)67(96-48(5)82)69(87)78(60,68)11)98-73(90)66(86)65(50-24-15-12-16-25-50)81-71(88)51-26-17-13-18-27-51/h12-20,24-30,45-46,54-61,65-68,70,86,92H,21-23,31-44H2,1-11H3,(H,81,88)/t46-,54+,55+,56-,57+,58+,59+,60+,61-,65+,66-,67-,68+,70+,76+,77-,78-,79+,80-/m1/s1. The summed E-state index contributed by atoms with van der Waals surface area (Å²) in [5.41, 5.74) is -6.50. The second-order valence-electron chi connectivity index (χ2n) is 31.6. The van der Waals surface area contributed by atoms with Gasteiger partial charge in [0.15, 0.2) is 23.6 Å². The van der Waals surface area contributed by atoms with Crippen LogP contribution in [0.15, 0.2) is 114 Å². The molecule has 19 atom stereocenters. The van der Waals surface area contributed by atoms with Crippen molar-refractivity contribution in [2.45, 2.75) is 232 Å². The molecule has 7 aliphatic carbocycles. The SMILES string of the molecule is CC(=O)O[C@H]1C(=O)[C@]2(C)[C@@H](OC(=O)OCOC(=O)CCC(=O)O[C@H]3CC[C@@]4(C)C(=CC[C@H]5[C@@H]6CC[C@H]([C@H](C)CCCC(C)C)[C@@]6(C)CC[C@@H]54)C3)C[C@H]3OC[C@@]3(OC(C)=O)[C@H]2[C@H](OC(=O)c2ccccc2)[C@]2(O)C[C@H](OC(=O)[C@H](O)[C@@H](NC(=O)c3ccccc3)c3ccccc3)C(C)=C1C2(C)C. The number of aliphatic hydroxyl groups is 2. The van der Waals surface area contributed by atoms with Gasteiger partial charge in [-0.15, -0.1) is 0 Å². The van der Waals surface area contributed by atoms with Gasteiger partial charge >= 0.3 is 42.0 Å². The molecule has 101 heavy (non-hydrogen) atoms. The lowest BCUT2D eigenvalue weighted by molar-refractivity contribution is -0.346. The highest BCUT2D eigenvalue weighted by atomic mass is 16.8. The number of carbonyl (C=O) groups is 9. The monoisotopic (exact) mass is 1400 g/mol. The maximum Gasteiger partial charge on any atom is 0.511 e. The maximum atomic E-state index is 16.5. The van der Waals surface area contributed by atoms with Crippen molar-refractivity contribution >= 4 is 53.7 Å². The summed E-state index contributed by atoms with van der Waals surface area (Å²) in [6.45, 7) is 18.7. The van der Waals surface area contributed by atoms with Crippen LogP contribution >= 0.6 is 0 Å². The van der Waals surface area contributed by atoms with E-state index < -0.39 is 157 Å². The van der Waals surface area contributed by atoms with E-state index >= 15 is 4.79 Å². The lowest BCUT2D eigenvalue weighted by Crippen LogP contribution is -2.82. The van der Waals surface area contributed by atoms with Crippen LogP contribution in [0.4, 0.5) is 4.79 Å². The number of nitrogens with one attached hydrogen (secondary N) is 1. The molecular formula is C80H101NO20. The normalized spacial score (nSPS) is 33.7. The molecular weight excluding hydrogens is 1290 g/mol. The van der Waals surface area contributed by atoms with Gasteiger partial charge in [-0.25, -0.2) is 14.4 Å². The minimum absolute atomic E-state index is 0.0192. The molecule has 1 amide bonds. The minimum atomic E-state index is -2.58. The van der Waals surface area contributed by atoms with Crippen LogP contribution in [0.5, 0.6) is 0 Å². The van der Waals surface area contributed by atoms with E-state index in [0.717, 1.165) is 50.4 Å². The van der Waals surface area contributed by atoms with Gasteiger partial charge in [0.1, 0.15) is 36.1 Å². The van der Waals surface area contributed by atoms with Gasteiger partial charge in [0.2, 0.25) is 6.79 Å². The van der Waals surface area contributed by atoms with Crippen LogP contribution in [0.25, 0.3) is 0 Å². The molecule has 1 aliphatic heterocycles. The Morgan fingerprint density at radius 3 is 2.03 bits per heavy atom. The number of ether oxygens (including phenoxy) is 9. The van der Waals surface area contributed by atoms with Gasteiger partial charge < -0.3 is 58.2 Å². The quantitative estimate of drug-likeness (QED) is 0.0364. The van der Waals surface area contributed by atoms with E-state index in [1.54, 1.807) is 78.9 Å². The number of benzene rings is 3. The average Bonchev–Trinajstić information content (AvgIpc) is 1.09. The van der Waals surface area contributed by atoms with Crippen LogP contribution < -0.4 is 5.32 Å². The fourth-order valence-electron chi connectivity index (χ4n) is 19.9. The molecule has 3 N–H and O–H groups in total. The maximum absolute atomic E-state index is 16.5. The Bertz CT molecular complexity index is 3680. The predicted molar refractivity (Wildman–Crippen MR) is 366 cm³/mol. The largest absolute Gasteiger partial charge is 0.511 e. The number of hydrogen-bond donors (Lipinski definition) is 3. The first-order chi connectivity index (χ1) is 47.9. The second-order valence-corrected chi connectivity index (χ2v) is 31.6. The number of allylic oxidation sites excluding steroid dienone is 1. The lowest BCUT2D eigenvalue weighted by Gasteiger charge is -2.67. The molecule has 0 spiro atoms. The Morgan fingerprint density at radius 2 is 1.39 bits per heavy atom. The van der Waals surface area contributed by atoms with Crippen LogP contribution in [0.3, 0.4) is 0 Å². The van der Waals surface area contributed by atoms with Crippen molar-refractivity contribution < 1.29 is 96.0 Å². The van der Waals surface area contributed by atoms with E-state index in [4.69, 9.17) is 42.6 Å². The molecule has 546 valence electrons. The van der Waals surface area contributed by atoms with E-state index in [1.165, 1.54) is 90.3 Å². The van der Waals surface area contributed by atoms with Crippen molar-refractivity contribution in [2.75, 3.05) is 13.4 Å². The number of Topliss-reactive ketones (excluding diaryl/α,β-unsaturated/α-hetero) is 1. The van der Waals surface area contributed by atoms with E-state index in [2.05, 4.69) is 46.0 Å². The molecule has 1 heterocycles. The summed E-state index contributed by atoms with van der Waals surface area (Å²) in [5.74, 6) is -4.92. The van der Waals surface area contributed by atoms with Gasteiger partial charge in [0.25, 0.3) is 5.91 Å². The third-order valence-electron chi connectivity index (χ3n) is 25.2. The van der Waals surface area contributed by atoms with E-state index in [-0.39, 0.29) is 40.2 Å². The summed E-state index contributed by atoms with van der Waals surface area (Å²) >= 11 is 0. The van der Waals surface area contributed by atoms with E-state index in [1.807, 2.05) is 0 Å². The summed E-state index contributed by atoms with van der Waals surface area (Å²) < 4.78 is 54.0. The molecule has 21 nitrogen and oxygen atoms in total. The minimum Gasteiger partial charge on any atom is -0.462 e. The van der Waals surface area contributed by atoms with Crippen molar-refractivity contribution in [1.82, 2.24) is 5.32 Å². The van der Waals surface area contributed by atoms with Crippen LogP contribution in [-0.4, -0.2) is 131 Å². The molecule has 2 bridgehead atoms. The van der Waals surface area contributed by atoms with Crippen LogP contribution in [0.1, 0.15) is 205 Å². The van der Waals surface area contributed by atoms with E-state index in [0.29, 0.717) is 35.7 Å². The predicted octanol–water partition coefficient (Wildman–Crippen LogP) is 12.1. The van der Waals surface area contributed by atoms with Gasteiger partial charge in [-0.2, -0.15) is 0 Å². The van der Waals surface area contributed by atoms with Crippen molar-refractivity contribution in [2.24, 2.45) is 63.1 Å². The van der Waals surface area contributed by atoms with Crippen molar-refractivity contribution in [3.63, 3.8) is 0 Å². The molecule has 0 radical (unpaired) electrons. The summed E-state index contributed by atoms with van der Waals surface area (Å²) in [5, 5.41) is 29.0. The fraction of sp³-hybridized carbons (Fsp3) is 0.613. The number of rotatable bonds is 22. The highest BCUT2D eigenvalue weighted by Gasteiger charge is 2.79. The number of fused-ring (bicyclic) bond motifs is 10. The zero-order valence-corrected chi connectivity index (χ0v) is 60.2.